The van der Waals surface area contributed by atoms with E-state index < -0.39 is 37.3 Å². The third kappa shape index (κ3) is 14.0. The first-order valence-electron chi connectivity index (χ1n) is 21.5. The first-order chi connectivity index (χ1) is 27.4. The van der Waals surface area contributed by atoms with E-state index in [9.17, 15) is 0 Å². The van der Waals surface area contributed by atoms with Gasteiger partial charge in [0.05, 0.1) is 0 Å². The van der Waals surface area contributed by atoms with Crippen molar-refractivity contribution in [1.82, 2.24) is 4.14 Å². The molecular formula is C52H72BCl2NSi2Zr. The summed E-state index contributed by atoms with van der Waals surface area (Å²) < 4.78 is 2.15. The topological polar surface area (TPSA) is 3.24 Å². The molecule has 0 spiro atoms. The van der Waals surface area contributed by atoms with Crippen LogP contribution in [-0.4, -0.2) is 28.6 Å². The van der Waals surface area contributed by atoms with Crippen LogP contribution in [0.2, 0.25) is 39.3 Å². The Morgan fingerprint density at radius 2 is 0.864 bits per heavy atom. The summed E-state index contributed by atoms with van der Waals surface area (Å²) in [6.07, 6.45) is 2.37. The van der Waals surface area contributed by atoms with Gasteiger partial charge in [0.15, 0.2) is 7.98 Å². The van der Waals surface area contributed by atoms with Crippen molar-refractivity contribution in [1.29, 1.82) is 0 Å². The summed E-state index contributed by atoms with van der Waals surface area (Å²) in [5, 5.41) is 5.50. The SMILES string of the molecule is CCC(C)c1cc2c(-c3ccccc3C(C)(C)C)cccc2[cH-]1.CCC(C)c1cc2c(-c3ccccc3C(C)(C)C)cccc2[cH-]1.[B]N([Si](C)(C)C)[Si](C)(C)C.[Cl][Zr+2][Cl]. The minimum atomic E-state index is -1.22. The molecule has 0 fully saturated rings. The van der Waals surface area contributed by atoms with E-state index in [1.54, 1.807) is 0 Å². The molecule has 6 aromatic carbocycles. The molecule has 0 aliphatic carbocycles. The molecule has 0 bridgehead atoms. The first-order valence-corrected chi connectivity index (χ1v) is 34.7. The molecule has 0 aliphatic heterocycles. The van der Waals surface area contributed by atoms with Crippen molar-refractivity contribution in [3.63, 3.8) is 0 Å². The van der Waals surface area contributed by atoms with Crippen molar-refractivity contribution in [2.45, 2.75) is 144 Å². The molecular weight excluding hydrogens is 868 g/mol. The van der Waals surface area contributed by atoms with Gasteiger partial charge in [-0.2, -0.15) is 12.1 Å². The average molecular weight is 940 g/mol. The van der Waals surface area contributed by atoms with Crippen LogP contribution in [0, 0.1) is 0 Å². The Morgan fingerprint density at radius 3 is 1.14 bits per heavy atom. The fraction of sp³-hybridized carbons (Fsp3) is 0.423. The van der Waals surface area contributed by atoms with Crippen LogP contribution in [0.25, 0.3) is 43.8 Å². The van der Waals surface area contributed by atoms with E-state index in [0.717, 1.165) is 0 Å². The summed E-state index contributed by atoms with van der Waals surface area (Å²) in [5.74, 6) is 1.24. The fourth-order valence-corrected chi connectivity index (χ4v) is 15.8. The summed E-state index contributed by atoms with van der Waals surface area (Å²) in [4.78, 5) is 0. The number of benzene rings is 4. The number of fused-ring (bicyclic) bond motifs is 2. The van der Waals surface area contributed by atoms with E-state index in [2.05, 4.69) is 222 Å². The summed E-state index contributed by atoms with van der Waals surface area (Å²) in [6.45, 7) is 36.6. The van der Waals surface area contributed by atoms with Crippen LogP contribution in [0.5, 0.6) is 0 Å². The van der Waals surface area contributed by atoms with Gasteiger partial charge >= 0.3 is 37.9 Å². The fourth-order valence-electron chi connectivity index (χ4n) is 7.78. The maximum atomic E-state index is 5.98. The van der Waals surface area contributed by atoms with Gasteiger partial charge in [-0.25, -0.2) is 0 Å². The van der Waals surface area contributed by atoms with Gasteiger partial charge in [0.2, 0.25) is 0 Å². The third-order valence-corrected chi connectivity index (χ3v) is 18.3. The number of hydrogen-bond acceptors (Lipinski definition) is 1. The molecule has 6 rings (SSSR count). The molecule has 0 saturated carbocycles. The normalized spacial score (nSPS) is 13.1. The van der Waals surface area contributed by atoms with Crippen molar-refractivity contribution < 1.29 is 20.8 Å². The molecule has 2 unspecified atom stereocenters. The minimum absolute atomic E-state index is 0.144. The van der Waals surface area contributed by atoms with Gasteiger partial charge in [0.25, 0.3) is 0 Å². The van der Waals surface area contributed by atoms with Crippen molar-refractivity contribution in [2.75, 3.05) is 0 Å². The predicted octanol–water partition coefficient (Wildman–Crippen LogP) is 17.5. The molecule has 6 aromatic rings. The van der Waals surface area contributed by atoms with Crippen LogP contribution < -0.4 is 0 Å². The molecule has 59 heavy (non-hydrogen) atoms. The third-order valence-electron chi connectivity index (χ3n) is 11.4. The Hall–Kier alpha value is -1.98. The molecule has 0 heterocycles. The zero-order valence-electron chi connectivity index (χ0n) is 39.2. The van der Waals surface area contributed by atoms with E-state index in [4.69, 9.17) is 25.0 Å². The van der Waals surface area contributed by atoms with Crippen LogP contribution in [-0.2, 0) is 31.7 Å². The molecule has 314 valence electrons. The zero-order valence-corrected chi connectivity index (χ0v) is 45.2. The quantitative estimate of drug-likeness (QED) is 0.109. The second kappa shape index (κ2) is 21.9. The molecule has 2 atom stereocenters. The molecule has 1 nitrogen and oxygen atoms in total. The maximum absolute atomic E-state index is 5.98. The Balaban J connectivity index is 0.000000245. The van der Waals surface area contributed by atoms with E-state index >= 15 is 0 Å². The monoisotopic (exact) mass is 937 g/mol. The van der Waals surface area contributed by atoms with Crippen molar-refractivity contribution >= 4 is 63.0 Å². The summed E-state index contributed by atoms with van der Waals surface area (Å²) in [7, 11) is 13.4. The van der Waals surface area contributed by atoms with E-state index in [1.807, 2.05) is 0 Å². The average Bonchev–Trinajstić information content (AvgIpc) is 3.82. The molecule has 7 heteroatoms. The zero-order chi connectivity index (χ0) is 44.5. The van der Waals surface area contributed by atoms with E-state index in [0.29, 0.717) is 11.8 Å². The Bertz CT molecular complexity index is 2060. The Morgan fingerprint density at radius 1 is 0.559 bits per heavy atom. The molecule has 0 aliphatic rings. The predicted molar refractivity (Wildman–Crippen MR) is 271 cm³/mol. The van der Waals surface area contributed by atoms with Crippen LogP contribution >= 0.6 is 17.0 Å². The molecule has 0 aromatic heterocycles. The number of hydrogen-bond donors (Lipinski definition) is 0. The van der Waals surface area contributed by atoms with Crippen molar-refractivity contribution in [3.8, 4) is 22.3 Å². The Kier molecular flexibility index (Phi) is 19.1. The van der Waals surface area contributed by atoms with Crippen LogP contribution in [0.4, 0.5) is 0 Å². The second-order valence-corrected chi connectivity index (χ2v) is 34.0. The molecule has 0 saturated heterocycles. The van der Waals surface area contributed by atoms with E-state index in [1.165, 1.54) is 78.9 Å². The Labute approximate surface area is 382 Å². The number of nitrogens with zero attached hydrogens (tertiary/aromatic N) is 1. The molecule has 0 amide bonds. The second-order valence-electron chi connectivity index (χ2n) is 20.2. The van der Waals surface area contributed by atoms with Crippen molar-refractivity contribution in [3.05, 3.63) is 131 Å². The van der Waals surface area contributed by atoms with Gasteiger partial charge < -0.3 is 4.14 Å². The van der Waals surface area contributed by atoms with Gasteiger partial charge in [-0.1, -0.05) is 193 Å². The standard InChI is InChI=1S/2C23H27.C6H18BNSi2.2ClH.Zr/c2*1-6-16(2)18-14-17-10-9-12-19(21(17)15-18)20-11-7-8-13-22(20)23(3,4)5;1-9(2,3)8(7)10(4,5)6;;;/h2*7-16H,6H2,1-5H3;1-6H3;2*1H;/q2*-1;;;;+4/p-2. The van der Waals surface area contributed by atoms with Crippen LogP contribution in [0.3, 0.4) is 0 Å². The summed E-state index contributed by atoms with van der Waals surface area (Å²) in [5.41, 5.74) is 11.5. The first kappa shape index (κ1) is 51.4. The van der Waals surface area contributed by atoms with Crippen molar-refractivity contribution in [2.24, 2.45) is 0 Å². The van der Waals surface area contributed by atoms with Gasteiger partial charge in [0.1, 0.15) is 16.5 Å². The number of halogens is 2. The molecule has 0 N–H and O–H groups in total. The van der Waals surface area contributed by atoms with Crippen LogP contribution in [0.15, 0.2) is 109 Å². The van der Waals surface area contributed by atoms with Gasteiger partial charge in [-0.05, 0) is 44.9 Å². The summed E-state index contributed by atoms with van der Waals surface area (Å²) >= 11 is -0.826. The van der Waals surface area contributed by atoms with Gasteiger partial charge in [-0.3, -0.25) is 0 Å². The van der Waals surface area contributed by atoms with Crippen LogP contribution in [0.1, 0.15) is 116 Å². The number of rotatable bonds is 8. The van der Waals surface area contributed by atoms with Gasteiger partial charge in [-0.15, -0.1) is 69.1 Å². The van der Waals surface area contributed by atoms with E-state index in [-0.39, 0.29) is 10.8 Å². The molecule has 2 radical (unpaired) electrons. The summed E-state index contributed by atoms with van der Waals surface area (Å²) in [6, 6.07) is 40.6. The van der Waals surface area contributed by atoms with Gasteiger partial charge in [0, 0.05) is 0 Å².